The molecule has 0 N–H and O–H groups in total. The maximum absolute atomic E-state index is 14.0. The van der Waals surface area contributed by atoms with E-state index in [1.165, 1.54) is 25.3 Å². The second kappa shape index (κ2) is 8.30. The molecule has 132 valence electrons. The van der Waals surface area contributed by atoms with Crippen LogP contribution in [0.4, 0.5) is 8.78 Å². The zero-order valence-corrected chi connectivity index (χ0v) is 14.7. The summed E-state index contributed by atoms with van der Waals surface area (Å²) in [7, 11) is 0. The Morgan fingerprint density at radius 2 is 1.79 bits per heavy atom. The van der Waals surface area contributed by atoms with Crippen LogP contribution in [0.15, 0.2) is 18.2 Å². The Morgan fingerprint density at radius 1 is 1.08 bits per heavy atom. The highest BCUT2D eigenvalue weighted by Crippen LogP contribution is 2.23. The van der Waals surface area contributed by atoms with E-state index in [9.17, 15) is 13.6 Å². The van der Waals surface area contributed by atoms with Crippen molar-refractivity contribution in [3.05, 3.63) is 35.4 Å². The first-order chi connectivity index (χ1) is 11.7. The normalized spacial score (nSPS) is 23.1. The number of amides is 1. The number of rotatable bonds is 3. The highest BCUT2D eigenvalue weighted by Gasteiger charge is 2.31. The Kier molecular flexibility index (Phi) is 6.11. The van der Waals surface area contributed by atoms with Gasteiger partial charge < -0.3 is 9.80 Å². The minimum Gasteiger partial charge on any atom is -0.333 e. The van der Waals surface area contributed by atoms with E-state index < -0.39 is 23.1 Å². The number of carbonyl (C=O) groups excluding carboxylic acids is 1. The summed E-state index contributed by atoms with van der Waals surface area (Å²) in [4.78, 5) is 17.0. The minimum atomic E-state index is -0.770. The second-order valence-electron chi connectivity index (χ2n) is 6.54. The Labute approximate surface area is 146 Å². The van der Waals surface area contributed by atoms with Gasteiger partial charge >= 0.3 is 0 Å². The SMILES string of the molecule is O=C(c1c(F)cccc1F)N1CCCSCC1CN1CCCCC1. The summed E-state index contributed by atoms with van der Waals surface area (Å²) in [5, 5.41) is 0. The van der Waals surface area contributed by atoms with E-state index in [2.05, 4.69) is 4.90 Å². The number of carbonyl (C=O) groups is 1. The number of hydrogen-bond donors (Lipinski definition) is 0. The molecule has 1 amide bonds. The van der Waals surface area contributed by atoms with Gasteiger partial charge in [-0.1, -0.05) is 12.5 Å². The van der Waals surface area contributed by atoms with Crippen molar-refractivity contribution in [1.82, 2.24) is 9.80 Å². The molecule has 2 aliphatic rings. The van der Waals surface area contributed by atoms with E-state index in [1.54, 1.807) is 4.90 Å². The number of nitrogens with zero attached hydrogens (tertiary/aromatic N) is 2. The third-order valence-electron chi connectivity index (χ3n) is 4.79. The van der Waals surface area contributed by atoms with Crippen LogP contribution in [0.5, 0.6) is 0 Å². The monoisotopic (exact) mass is 354 g/mol. The topological polar surface area (TPSA) is 23.6 Å². The fourth-order valence-corrected chi connectivity index (χ4v) is 4.59. The third-order valence-corrected chi connectivity index (χ3v) is 5.99. The Bertz CT molecular complexity index is 558. The van der Waals surface area contributed by atoms with E-state index >= 15 is 0 Å². The van der Waals surface area contributed by atoms with Gasteiger partial charge in [-0.3, -0.25) is 4.79 Å². The summed E-state index contributed by atoms with van der Waals surface area (Å²) >= 11 is 1.83. The number of thioether (sulfide) groups is 1. The van der Waals surface area contributed by atoms with Crippen molar-refractivity contribution in [3.8, 4) is 0 Å². The average Bonchev–Trinajstić information content (AvgIpc) is 2.81. The molecule has 6 heteroatoms. The fraction of sp³-hybridized carbons (Fsp3) is 0.611. The molecule has 0 aromatic heterocycles. The van der Waals surface area contributed by atoms with Gasteiger partial charge in [0, 0.05) is 18.8 Å². The molecule has 0 radical (unpaired) electrons. The second-order valence-corrected chi connectivity index (χ2v) is 7.69. The number of benzene rings is 1. The molecule has 0 bridgehead atoms. The van der Waals surface area contributed by atoms with Gasteiger partial charge in [-0.2, -0.15) is 11.8 Å². The summed E-state index contributed by atoms with van der Waals surface area (Å²) < 4.78 is 28.1. The maximum atomic E-state index is 14.0. The molecule has 1 aromatic rings. The molecule has 3 nitrogen and oxygen atoms in total. The molecule has 0 saturated carbocycles. The van der Waals surface area contributed by atoms with E-state index in [-0.39, 0.29) is 6.04 Å². The molecule has 1 aromatic carbocycles. The van der Waals surface area contributed by atoms with Crippen LogP contribution in [-0.4, -0.2) is 59.4 Å². The van der Waals surface area contributed by atoms with Crippen molar-refractivity contribution in [2.45, 2.75) is 31.7 Å². The quantitative estimate of drug-likeness (QED) is 0.831. The van der Waals surface area contributed by atoms with E-state index in [1.807, 2.05) is 11.8 Å². The van der Waals surface area contributed by atoms with Crippen molar-refractivity contribution in [2.75, 3.05) is 37.7 Å². The third kappa shape index (κ3) is 4.09. The van der Waals surface area contributed by atoms with Gasteiger partial charge in [-0.25, -0.2) is 8.78 Å². The average molecular weight is 354 g/mol. The smallest absolute Gasteiger partial charge is 0.260 e. The number of likely N-dealkylation sites (tertiary alicyclic amines) is 1. The van der Waals surface area contributed by atoms with Crippen LogP contribution in [-0.2, 0) is 0 Å². The summed E-state index contributed by atoms with van der Waals surface area (Å²) in [5.41, 5.74) is -0.409. The van der Waals surface area contributed by atoms with Gasteiger partial charge in [0.2, 0.25) is 0 Å². The van der Waals surface area contributed by atoms with Crippen LogP contribution in [0.25, 0.3) is 0 Å². The zero-order valence-electron chi connectivity index (χ0n) is 13.8. The maximum Gasteiger partial charge on any atom is 0.260 e. The Balaban J connectivity index is 1.79. The number of halogens is 2. The predicted molar refractivity (Wildman–Crippen MR) is 93.4 cm³/mol. The van der Waals surface area contributed by atoms with Gasteiger partial charge in [0.1, 0.15) is 17.2 Å². The van der Waals surface area contributed by atoms with Crippen molar-refractivity contribution >= 4 is 17.7 Å². The van der Waals surface area contributed by atoms with Gasteiger partial charge in [-0.15, -0.1) is 0 Å². The molecular formula is C18H24F2N2OS. The molecule has 2 saturated heterocycles. The first kappa shape index (κ1) is 17.7. The lowest BCUT2D eigenvalue weighted by Crippen LogP contribution is -2.49. The zero-order chi connectivity index (χ0) is 16.9. The summed E-state index contributed by atoms with van der Waals surface area (Å²) in [6.07, 6.45) is 4.51. The van der Waals surface area contributed by atoms with Crippen molar-refractivity contribution in [3.63, 3.8) is 0 Å². The fourth-order valence-electron chi connectivity index (χ4n) is 3.53. The van der Waals surface area contributed by atoms with Crippen LogP contribution in [0.2, 0.25) is 0 Å². The molecule has 0 aliphatic carbocycles. The molecule has 24 heavy (non-hydrogen) atoms. The molecule has 3 rings (SSSR count). The molecule has 0 spiro atoms. The van der Waals surface area contributed by atoms with E-state index in [0.29, 0.717) is 6.54 Å². The predicted octanol–water partition coefficient (Wildman–Crippen LogP) is 3.40. The van der Waals surface area contributed by atoms with Crippen LogP contribution in [0.1, 0.15) is 36.0 Å². The molecule has 2 fully saturated rings. The lowest BCUT2D eigenvalue weighted by Gasteiger charge is -2.35. The van der Waals surface area contributed by atoms with Crippen molar-refractivity contribution in [1.29, 1.82) is 0 Å². The first-order valence-corrected chi connectivity index (χ1v) is 9.87. The first-order valence-electron chi connectivity index (χ1n) is 8.72. The standard InChI is InChI=1S/C18H24F2N2OS/c19-15-6-4-7-16(20)17(15)18(23)22-10-5-11-24-13-14(22)12-21-8-2-1-3-9-21/h4,6-7,14H,1-3,5,8-13H2. The molecular weight excluding hydrogens is 330 g/mol. The molecule has 2 heterocycles. The van der Waals surface area contributed by atoms with Gasteiger partial charge in [0.15, 0.2) is 0 Å². The Hall–Kier alpha value is -1.14. The molecule has 2 aliphatic heterocycles. The van der Waals surface area contributed by atoms with E-state index in [0.717, 1.165) is 49.7 Å². The van der Waals surface area contributed by atoms with Gasteiger partial charge in [0.25, 0.3) is 5.91 Å². The van der Waals surface area contributed by atoms with Gasteiger partial charge in [0.05, 0.1) is 6.04 Å². The largest absolute Gasteiger partial charge is 0.333 e. The summed E-state index contributed by atoms with van der Waals surface area (Å²) in [6.45, 7) is 3.47. The van der Waals surface area contributed by atoms with Crippen LogP contribution < -0.4 is 0 Å². The lowest BCUT2D eigenvalue weighted by atomic mass is 10.1. The number of piperidine rings is 1. The minimum absolute atomic E-state index is 0.0158. The van der Waals surface area contributed by atoms with Crippen molar-refractivity contribution in [2.24, 2.45) is 0 Å². The number of hydrogen-bond acceptors (Lipinski definition) is 3. The van der Waals surface area contributed by atoms with E-state index in [4.69, 9.17) is 0 Å². The van der Waals surface area contributed by atoms with Crippen LogP contribution in [0.3, 0.4) is 0 Å². The Morgan fingerprint density at radius 3 is 2.50 bits per heavy atom. The van der Waals surface area contributed by atoms with Crippen molar-refractivity contribution < 1.29 is 13.6 Å². The molecule has 1 atom stereocenters. The molecule has 1 unspecified atom stereocenters. The van der Waals surface area contributed by atoms with Crippen LogP contribution >= 0.6 is 11.8 Å². The lowest BCUT2D eigenvalue weighted by molar-refractivity contribution is 0.0636. The van der Waals surface area contributed by atoms with Crippen LogP contribution in [0, 0.1) is 11.6 Å². The highest BCUT2D eigenvalue weighted by atomic mass is 32.2. The summed E-state index contributed by atoms with van der Waals surface area (Å²) in [5.74, 6) is -0.226. The van der Waals surface area contributed by atoms with Gasteiger partial charge in [-0.05, 0) is 50.2 Å². The summed E-state index contributed by atoms with van der Waals surface area (Å²) in [6, 6.07) is 3.62. The highest BCUT2D eigenvalue weighted by molar-refractivity contribution is 7.99.